The normalized spacial score (nSPS) is 11.2. The smallest absolute Gasteiger partial charge is 0.251 e. The van der Waals surface area contributed by atoms with Gasteiger partial charge in [0, 0.05) is 30.4 Å². The van der Waals surface area contributed by atoms with E-state index in [0.717, 1.165) is 17.7 Å². The van der Waals surface area contributed by atoms with Crippen molar-refractivity contribution in [3.05, 3.63) is 41.3 Å². The van der Waals surface area contributed by atoms with Gasteiger partial charge >= 0.3 is 0 Å². The van der Waals surface area contributed by atoms with Crippen molar-refractivity contribution in [1.82, 2.24) is 15.3 Å². The number of nitrogens with one attached hydrogen (secondary N) is 2. The van der Waals surface area contributed by atoms with Crippen LogP contribution in [0.15, 0.2) is 30.5 Å². The lowest BCUT2D eigenvalue weighted by Gasteiger charge is -2.20. The van der Waals surface area contributed by atoms with Gasteiger partial charge in [-0.2, -0.15) is 0 Å². The standard InChI is InChI=1S/C18H23ClN4O/c1-5-20-16(24)13-8-6-12(7-9-13)14-10-21-17(19)23-15(14)22-11-18(2,3)4/h6-10H,5,11H2,1-4H3,(H,20,24)(H,21,22,23). The number of hydrogen-bond donors (Lipinski definition) is 2. The number of carbonyl (C=O) groups excluding carboxylic acids is 1. The van der Waals surface area contributed by atoms with Crippen LogP contribution in [-0.2, 0) is 0 Å². The van der Waals surface area contributed by atoms with E-state index < -0.39 is 0 Å². The van der Waals surface area contributed by atoms with Gasteiger partial charge in [0.05, 0.1) is 0 Å². The molecule has 0 spiro atoms. The molecule has 0 aliphatic heterocycles. The van der Waals surface area contributed by atoms with Crippen molar-refractivity contribution in [3.63, 3.8) is 0 Å². The molecule has 0 aliphatic carbocycles. The number of carbonyl (C=O) groups is 1. The van der Waals surface area contributed by atoms with E-state index in [1.165, 1.54) is 0 Å². The van der Waals surface area contributed by atoms with Crippen LogP contribution in [-0.4, -0.2) is 29.0 Å². The Labute approximate surface area is 147 Å². The van der Waals surface area contributed by atoms with Crippen molar-refractivity contribution >= 4 is 23.3 Å². The lowest BCUT2D eigenvalue weighted by molar-refractivity contribution is 0.0956. The SMILES string of the molecule is CCNC(=O)c1ccc(-c2cnc(Cl)nc2NCC(C)(C)C)cc1. The molecule has 2 N–H and O–H groups in total. The molecule has 24 heavy (non-hydrogen) atoms. The van der Waals surface area contributed by atoms with Gasteiger partial charge < -0.3 is 10.6 Å². The van der Waals surface area contributed by atoms with Gasteiger partial charge in [-0.05, 0) is 41.6 Å². The molecule has 1 aromatic carbocycles. The maximum Gasteiger partial charge on any atom is 0.251 e. The second-order valence-corrected chi connectivity index (χ2v) is 7.09. The Hall–Kier alpha value is -2.14. The molecule has 5 nitrogen and oxygen atoms in total. The second kappa shape index (κ2) is 7.62. The van der Waals surface area contributed by atoms with Gasteiger partial charge in [0.1, 0.15) is 5.82 Å². The largest absolute Gasteiger partial charge is 0.369 e. The lowest BCUT2D eigenvalue weighted by Crippen LogP contribution is -2.22. The Morgan fingerprint density at radius 3 is 2.46 bits per heavy atom. The number of aromatic nitrogens is 2. The summed E-state index contributed by atoms with van der Waals surface area (Å²) in [6.07, 6.45) is 1.70. The van der Waals surface area contributed by atoms with Crippen LogP contribution in [0, 0.1) is 5.41 Å². The van der Waals surface area contributed by atoms with Gasteiger partial charge in [0.15, 0.2) is 0 Å². The van der Waals surface area contributed by atoms with Crippen LogP contribution in [0.5, 0.6) is 0 Å². The first kappa shape index (κ1) is 18.2. The summed E-state index contributed by atoms with van der Waals surface area (Å²) in [7, 11) is 0. The molecule has 0 bridgehead atoms. The summed E-state index contributed by atoms with van der Waals surface area (Å²) in [5.41, 5.74) is 2.51. The van der Waals surface area contributed by atoms with E-state index in [1.807, 2.05) is 19.1 Å². The molecular weight excluding hydrogens is 324 g/mol. The zero-order chi connectivity index (χ0) is 17.7. The fraction of sp³-hybridized carbons (Fsp3) is 0.389. The quantitative estimate of drug-likeness (QED) is 0.803. The van der Waals surface area contributed by atoms with Gasteiger partial charge in [0.2, 0.25) is 5.28 Å². The summed E-state index contributed by atoms with van der Waals surface area (Å²) in [5, 5.41) is 6.32. The summed E-state index contributed by atoms with van der Waals surface area (Å²) in [4.78, 5) is 20.2. The van der Waals surface area contributed by atoms with Crippen LogP contribution in [0.4, 0.5) is 5.82 Å². The van der Waals surface area contributed by atoms with Crippen molar-refractivity contribution in [2.24, 2.45) is 5.41 Å². The zero-order valence-corrected chi connectivity index (χ0v) is 15.2. The molecule has 6 heteroatoms. The van der Waals surface area contributed by atoms with E-state index in [2.05, 4.69) is 41.4 Å². The van der Waals surface area contributed by atoms with E-state index in [9.17, 15) is 4.79 Å². The molecule has 0 saturated carbocycles. The monoisotopic (exact) mass is 346 g/mol. The molecule has 2 rings (SSSR count). The molecule has 0 atom stereocenters. The summed E-state index contributed by atoms with van der Waals surface area (Å²) in [5.74, 6) is 0.609. The van der Waals surface area contributed by atoms with Crippen molar-refractivity contribution in [2.75, 3.05) is 18.4 Å². The molecular formula is C18H23ClN4O. The molecule has 0 radical (unpaired) electrons. The number of amides is 1. The van der Waals surface area contributed by atoms with Crippen LogP contribution in [0.2, 0.25) is 5.28 Å². The van der Waals surface area contributed by atoms with Gasteiger partial charge in [-0.3, -0.25) is 4.79 Å². The average molecular weight is 347 g/mol. The lowest BCUT2D eigenvalue weighted by atomic mass is 9.97. The Morgan fingerprint density at radius 2 is 1.88 bits per heavy atom. The fourth-order valence-corrected chi connectivity index (χ4v) is 2.25. The van der Waals surface area contributed by atoms with Gasteiger partial charge in [-0.1, -0.05) is 32.9 Å². The van der Waals surface area contributed by atoms with Crippen molar-refractivity contribution in [2.45, 2.75) is 27.7 Å². The van der Waals surface area contributed by atoms with Crippen molar-refractivity contribution < 1.29 is 4.79 Å². The number of nitrogens with zero attached hydrogens (tertiary/aromatic N) is 2. The molecule has 128 valence electrons. The Balaban J connectivity index is 2.29. The molecule has 0 fully saturated rings. The third-order valence-electron chi connectivity index (χ3n) is 3.34. The molecule has 1 heterocycles. The Morgan fingerprint density at radius 1 is 1.21 bits per heavy atom. The first-order valence-corrected chi connectivity index (χ1v) is 8.33. The number of anilines is 1. The number of hydrogen-bond acceptors (Lipinski definition) is 4. The Kier molecular flexibility index (Phi) is 5.78. The molecule has 2 aromatic rings. The highest BCUT2D eigenvalue weighted by molar-refractivity contribution is 6.28. The predicted octanol–water partition coefficient (Wildman–Crippen LogP) is 4.00. The third kappa shape index (κ3) is 4.93. The van der Waals surface area contributed by atoms with Crippen LogP contribution in [0.1, 0.15) is 38.1 Å². The summed E-state index contributed by atoms with van der Waals surface area (Å²) in [6.45, 7) is 9.68. The topological polar surface area (TPSA) is 66.9 Å². The minimum atomic E-state index is -0.0810. The van der Waals surface area contributed by atoms with Crippen LogP contribution < -0.4 is 10.6 Å². The van der Waals surface area contributed by atoms with E-state index in [4.69, 9.17) is 11.6 Å². The molecule has 0 unspecified atom stereocenters. The number of benzene rings is 1. The minimum Gasteiger partial charge on any atom is -0.369 e. The first-order valence-electron chi connectivity index (χ1n) is 7.95. The first-order chi connectivity index (χ1) is 11.3. The highest BCUT2D eigenvalue weighted by Gasteiger charge is 2.14. The molecule has 1 amide bonds. The van der Waals surface area contributed by atoms with E-state index in [-0.39, 0.29) is 16.6 Å². The second-order valence-electron chi connectivity index (χ2n) is 6.75. The fourth-order valence-electron chi connectivity index (χ4n) is 2.12. The van der Waals surface area contributed by atoms with E-state index in [0.29, 0.717) is 17.9 Å². The molecule has 1 aromatic heterocycles. The van der Waals surface area contributed by atoms with E-state index >= 15 is 0 Å². The van der Waals surface area contributed by atoms with E-state index in [1.54, 1.807) is 18.3 Å². The molecule has 0 aliphatic rings. The maximum absolute atomic E-state index is 11.9. The van der Waals surface area contributed by atoms with Crippen molar-refractivity contribution in [1.29, 1.82) is 0 Å². The summed E-state index contributed by atoms with van der Waals surface area (Å²) < 4.78 is 0. The van der Waals surface area contributed by atoms with Crippen molar-refractivity contribution in [3.8, 4) is 11.1 Å². The number of rotatable bonds is 5. The van der Waals surface area contributed by atoms with Gasteiger partial charge in [0.25, 0.3) is 5.91 Å². The highest BCUT2D eigenvalue weighted by atomic mass is 35.5. The van der Waals surface area contributed by atoms with Gasteiger partial charge in [-0.15, -0.1) is 0 Å². The number of halogens is 1. The predicted molar refractivity (Wildman–Crippen MR) is 98.4 cm³/mol. The highest BCUT2D eigenvalue weighted by Crippen LogP contribution is 2.28. The average Bonchev–Trinajstić information content (AvgIpc) is 2.53. The van der Waals surface area contributed by atoms with Crippen LogP contribution >= 0.6 is 11.6 Å². The van der Waals surface area contributed by atoms with Crippen LogP contribution in [0.25, 0.3) is 11.1 Å². The van der Waals surface area contributed by atoms with Gasteiger partial charge in [-0.25, -0.2) is 9.97 Å². The Bertz CT molecular complexity index is 708. The van der Waals surface area contributed by atoms with Crippen LogP contribution in [0.3, 0.4) is 0 Å². The summed E-state index contributed by atoms with van der Waals surface area (Å²) >= 11 is 5.94. The summed E-state index contributed by atoms with van der Waals surface area (Å²) in [6, 6.07) is 7.36. The maximum atomic E-state index is 11.9. The molecule has 0 saturated heterocycles. The third-order valence-corrected chi connectivity index (χ3v) is 3.52. The minimum absolute atomic E-state index is 0.0810. The zero-order valence-electron chi connectivity index (χ0n) is 14.5.